The minimum absolute atomic E-state index is 0.000770. The van der Waals surface area contributed by atoms with E-state index in [0.717, 1.165) is 12.8 Å². The Kier molecular flexibility index (Phi) is 5.95. The van der Waals surface area contributed by atoms with Gasteiger partial charge in [0.05, 0.1) is 6.04 Å². The Morgan fingerprint density at radius 2 is 1.90 bits per heavy atom. The number of carbonyl (C=O) groups excluding carboxylic acids is 2. The molecule has 0 bridgehead atoms. The molecule has 0 spiro atoms. The summed E-state index contributed by atoms with van der Waals surface area (Å²) in [5.41, 5.74) is 5.77. The third-order valence-electron chi connectivity index (χ3n) is 3.65. The molecule has 1 fully saturated rings. The highest BCUT2D eigenvalue weighted by atomic mass is 16.5. The van der Waals surface area contributed by atoms with Crippen LogP contribution in [0.3, 0.4) is 0 Å². The summed E-state index contributed by atoms with van der Waals surface area (Å²) in [6, 6.07) is -0.366. The SMILES string of the molecule is COCC(=O)NC1CCN(C(=O)C(N)C(C)(C)C)CC1. The number of hydrogen-bond acceptors (Lipinski definition) is 4. The Hall–Kier alpha value is -1.14. The molecule has 1 rings (SSSR count). The van der Waals surface area contributed by atoms with Crippen LogP contribution in [0.5, 0.6) is 0 Å². The van der Waals surface area contributed by atoms with Gasteiger partial charge in [0.1, 0.15) is 6.61 Å². The quantitative estimate of drug-likeness (QED) is 0.768. The molecule has 0 aliphatic carbocycles. The highest BCUT2D eigenvalue weighted by Gasteiger charge is 2.33. The fraction of sp³-hybridized carbons (Fsp3) is 0.857. The van der Waals surface area contributed by atoms with Gasteiger partial charge in [-0.05, 0) is 18.3 Å². The topological polar surface area (TPSA) is 84.7 Å². The number of rotatable bonds is 4. The van der Waals surface area contributed by atoms with Crippen molar-refractivity contribution >= 4 is 11.8 Å². The second-order valence-corrected chi connectivity index (χ2v) is 6.44. The Bertz CT molecular complexity index is 344. The summed E-state index contributed by atoms with van der Waals surface area (Å²) in [7, 11) is 1.49. The Morgan fingerprint density at radius 3 is 2.35 bits per heavy atom. The maximum Gasteiger partial charge on any atom is 0.246 e. The lowest BCUT2D eigenvalue weighted by Gasteiger charge is -2.36. The van der Waals surface area contributed by atoms with Gasteiger partial charge in [-0.1, -0.05) is 20.8 Å². The van der Waals surface area contributed by atoms with E-state index in [4.69, 9.17) is 10.5 Å². The normalized spacial score (nSPS) is 18.8. The van der Waals surface area contributed by atoms with Crippen molar-refractivity contribution < 1.29 is 14.3 Å². The van der Waals surface area contributed by atoms with Crippen LogP contribution in [-0.4, -0.2) is 55.6 Å². The fourth-order valence-corrected chi connectivity index (χ4v) is 2.21. The van der Waals surface area contributed by atoms with Crippen LogP contribution in [-0.2, 0) is 14.3 Å². The number of hydrogen-bond donors (Lipinski definition) is 2. The summed E-state index contributed by atoms with van der Waals surface area (Å²) in [4.78, 5) is 25.5. The van der Waals surface area contributed by atoms with Crippen LogP contribution in [0.4, 0.5) is 0 Å². The van der Waals surface area contributed by atoms with E-state index in [0.29, 0.717) is 13.1 Å². The zero-order valence-corrected chi connectivity index (χ0v) is 12.9. The van der Waals surface area contributed by atoms with Crippen molar-refractivity contribution in [3.63, 3.8) is 0 Å². The first kappa shape index (κ1) is 16.9. The van der Waals surface area contributed by atoms with Gasteiger partial charge in [0.25, 0.3) is 0 Å². The molecule has 6 nitrogen and oxygen atoms in total. The van der Waals surface area contributed by atoms with Crippen molar-refractivity contribution in [3.8, 4) is 0 Å². The molecule has 0 radical (unpaired) electrons. The molecule has 3 N–H and O–H groups in total. The number of nitrogens with zero attached hydrogens (tertiary/aromatic N) is 1. The van der Waals surface area contributed by atoms with E-state index >= 15 is 0 Å². The molecule has 0 aromatic carbocycles. The summed E-state index contributed by atoms with van der Waals surface area (Å²) in [6.07, 6.45) is 1.52. The zero-order valence-electron chi connectivity index (χ0n) is 12.9. The molecule has 1 atom stereocenters. The molecule has 0 aromatic rings. The highest BCUT2D eigenvalue weighted by Crippen LogP contribution is 2.21. The largest absolute Gasteiger partial charge is 0.375 e. The van der Waals surface area contributed by atoms with E-state index in [1.54, 1.807) is 4.90 Å². The molecule has 6 heteroatoms. The van der Waals surface area contributed by atoms with Crippen LogP contribution in [0.25, 0.3) is 0 Å². The number of methoxy groups -OCH3 is 1. The third-order valence-corrected chi connectivity index (χ3v) is 3.65. The Balaban J connectivity index is 2.42. The van der Waals surface area contributed by atoms with Crippen molar-refractivity contribution in [1.29, 1.82) is 0 Å². The fourth-order valence-electron chi connectivity index (χ4n) is 2.21. The Morgan fingerprint density at radius 1 is 1.35 bits per heavy atom. The number of carbonyl (C=O) groups is 2. The molecular formula is C14H27N3O3. The maximum absolute atomic E-state index is 12.3. The predicted molar refractivity (Wildman–Crippen MR) is 77.1 cm³/mol. The van der Waals surface area contributed by atoms with Crippen molar-refractivity contribution in [1.82, 2.24) is 10.2 Å². The predicted octanol–water partition coefficient (Wildman–Crippen LogP) is 0.113. The van der Waals surface area contributed by atoms with Gasteiger partial charge in [0.2, 0.25) is 11.8 Å². The number of nitrogens with one attached hydrogen (secondary N) is 1. The monoisotopic (exact) mass is 285 g/mol. The minimum Gasteiger partial charge on any atom is -0.375 e. The average Bonchev–Trinajstić information content (AvgIpc) is 2.37. The molecule has 1 heterocycles. The van der Waals surface area contributed by atoms with Gasteiger partial charge in [-0.25, -0.2) is 0 Å². The molecule has 1 unspecified atom stereocenters. The van der Waals surface area contributed by atoms with Gasteiger partial charge in [0.15, 0.2) is 0 Å². The van der Waals surface area contributed by atoms with Crippen LogP contribution in [0, 0.1) is 5.41 Å². The molecule has 1 saturated heterocycles. The second kappa shape index (κ2) is 7.04. The van der Waals surface area contributed by atoms with Gasteiger partial charge in [-0.2, -0.15) is 0 Å². The molecule has 0 saturated carbocycles. The molecule has 1 aliphatic rings. The van der Waals surface area contributed by atoms with Crippen molar-refractivity contribution in [2.24, 2.45) is 11.1 Å². The van der Waals surface area contributed by atoms with Crippen molar-refractivity contribution in [2.75, 3.05) is 26.8 Å². The molecule has 0 aromatic heterocycles. The summed E-state index contributed by atoms with van der Waals surface area (Å²) in [5.74, 6) is -0.108. The average molecular weight is 285 g/mol. The molecule has 1 aliphatic heterocycles. The van der Waals surface area contributed by atoms with Gasteiger partial charge < -0.3 is 20.7 Å². The number of likely N-dealkylation sites (tertiary alicyclic amines) is 1. The first-order chi connectivity index (χ1) is 9.25. The lowest BCUT2D eigenvalue weighted by atomic mass is 9.86. The Labute approximate surface area is 121 Å². The summed E-state index contributed by atoms with van der Waals surface area (Å²) >= 11 is 0. The van der Waals surface area contributed by atoms with Gasteiger partial charge in [0, 0.05) is 26.2 Å². The van der Waals surface area contributed by atoms with Gasteiger partial charge in [-0.3, -0.25) is 9.59 Å². The number of nitrogens with two attached hydrogens (primary N) is 1. The van der Waals surface area contributed by atoms with Crippen LogP contribution in [0.1, 0.15) is 33.6 Å². The summed E-state index contributed by atoms with van der Waals surface area (Å²) in [6.45, 7) is 7.25. The standard InChI is InChI=1S/C14H27N3O3/c1-14(2,3)12(15)13(19)17-7-5-10(6-8-17)16-11(18)9-20-4/h10,12H,5-9,15H2,1-4H3,(H,16,18). The van der Waals surface area contributed by atoms with Crippen LogP contribution in [0.15, 0.2) is 0 Å². The van der Waals surface area contributed by atoms with Gasteiger partial charge in [-0.15, -0.1) is 0 Å². The third kappa shape index (κ3) is 4.76. The maximum atomic E-state index is 12.3. The van der Waals surface area contributed by atoms with Crippen LogP contribution >= 0.6 is 0 Å². The van der Waals surface area contributed by atoms with Crippen LogP contribution in [0.2, 0.25) is 0 Å². The smallest absolute Gasteiger partial charge is 0.246 e. The van der Waals surface area contributed by atoms with Gasteiger partial charge >= 0.3 is 0 Å². The van der Waals surface area contributed by atoms with E-state index in [2.05, 4.69) is 5.32 Å². The first-order valence-electron chi connectivity index (χ1n) is 7.08. The minimum atomic E-state index is -0.484. The molecule has 2 amide bonds. The van der Waals surface area contributed by atoms with E-state index < -0.39 is 6.04 Å². The molecule has 116 valence electrons. The molecular weight excluding hydrogens is 258 g/mol. The van der Waals surface area contributed by atoms with Crippen LogP contribution < -0.4 is 11.1 Å². The first-order valence-corrected chi connectivity index (χ1v) is 7.08. The second-order valence-electron chi connectivity index (χ2n) is 6.44. The zero-order chi connectivity index (χ0) is 15.3. The summed E-state index contributed by atoms with van der Waals surface area (Å²) < 4.78 is 4.78. The van der Waals surface area contributed by atoms with E-state index in [-0.39, 0.29) is 29.9 Å². The number of ether oxygens (including phenoxy) is 1. The molecule has 20 heavy (non-hydrogen) atoms. The van der Waals surface area contributed by atoms with E-state index in [1.807, 2.05) is 20.8 Å². The number of piperidine rings is 1. The van der Waals surface area contributed by atoms with E-state index in [9.17, 15) is 9.59 Å². The summed E-state index contributed by atoms with van der Waals surface area (Å²) in [5, 5.41) is 2.91. The number of amides is 2. The van der Waals surface area contributed by atoms with E-state index in [1.165, 1.54) is 7.11 Å². The lowest BCUT2D eigenvalue weighted by molar-refractivity contribution is -0.136. The van der Waals surface area contributed by atoms with Crippen molar-refractivity contribution in [2.45, 2.75) is 45.7 Å². The highest BCUT2D eigenvalue weighted by molar-refractivity contribution is 5.82. The van der Waals surface area contributed by atoms with Crippen molar-refractivity contribution in [3.05, 3.63) is 0 Å². The lowest BCUT2D eigenvalue weighted by Crippen LogP contribution is -2.54.